The van der Waals surface area contributed by atoms with Gasteiger partial charge in [0.25, 0.3) is 8.68 Å². The number of aryl methyl sites for hydroxylation is 1. The Kier molecular flexibility index (Phi) is 3.99. The van der Waals surface area contributed by atoms with Crippen LogP contribution in [0, 0.1) is 4.77 Å². The summed E-state index contributed by atoms with van der Waals surface area (Å²) in [6.07, 6.45) is 0. The van der Waals surface area contributed by atoms with Crippen LogP contribution in [0.15, 0.2) is 29.1 Å². The van der Waals surface area contributed by atoms with Gasteiger partial charge in [0.05, 0.1) is 10.9 Å². The maximum atomic E-state index is 12.3. The van der Waals surface area contributed by atoms with Crippen LogP contribution in [0.5, 0.6) is 0 Å². The first-order chi connectivity index (χ1) is 8.31. The Balaban J connectivity index is 2.84. The SMILES string of the molecule is Cn1c(=S)n(SC(Cl)(Cl)Cl)c(=O)c2ccccc21. The molecule has 3 nitrogen and oxygen atoms in total. The fourth-order valence-electron chi connectivity index (χ4n) is 1.57. The van der Waals surface area contributed by atoms with Crippen LogP contribution >= 0.6 is 59.0 Å². The van der Waals surface area contributed by atoms with Crippen LogP contribution in [0.4, 0.5) is 0 Å². The van der Waals surface area contributed by atoms with Crippen LogP contribution in [0.2, 0.25) is 0 Å². The van der Waals surface area contributed by atoms with Gasteiger partial charge in [-0.3, -0.25) is 4.79 Å². The Bertz CT molecular complexity index is 718. The Morgan fingerprint density at radius 2 is 1.89 bits per heavy atom. The van der Waals surface area contributed by atoms with Gasteiger partial charge in [0.15, 0.2) is 4.77 Å². The van der Waals surface area contributed by atoms with Gasteiger partial charge in [0, 0.05) is 19.0 Å². The van der Waals surface area contributed by atoms with Crippen LogP contribution in [0.25, 0.3) is 10.9 Å². The maximum absolute atomic E-state index is 12.3. The molecule has 0 radical (unpaired) electrons. The lowest BCUT2D eigenvalue weighted by molar-refractivity contribution is 0.857. The lowest BCUT2D eigenvalue weighted by atomic mass is 10.2. The molecule has 0 saturated heterocycles. The molecule has 0 saturated carbocycles. The van der Waals surface area contributed by atoms with Gasteiger partial charge in [0.1, 0.15) is 0 Å². The number of benzene rings is 1. The van der Waals surface area contributed by atoms with Crippen molar-refractivity contribution in [2.24, 2.45) is 7.05 Å². The molecular weight excluding hydrogens is 335 g/mol. The van der Waals surface area contributed by atoms with Gasteiger partial charge in [-0.05, 0) is 24.4 Å². The highest BCUT2D eigenvalue weighted by Gasteiger charge is 2.24. The molecule has 0 fully saturated rings. The molecule has 0 aliphatic rings. The number of nitrogens with zero attached hydrogens (tertiary/aromatic N) is 2. The summed E-state index contributed by atoms with van der Waals surface area (Å²) in [6, 6.07) is 7.14. The van der Waals surface area contributed by atoms with E-state index in [1.54, 1.807) is 23.7 Å². The van der Waals surface area contributed by atoms with Crippen molar-refractivity contribution in [1.82, 2.24) is 8.54 Å². The summed E-state index contributed by atoms with van der Waals surface area (Å²) in [7, 11) is 1.76. The van der Waals surface area contributed by atoms with E-state index < -0.39 is 3.12 Å². The van der Waals surface area contributed by atoms with Crippen molar-refractivity contribution in [1.29, 1.82) is 0 Å². The summed E-state index contributed by atoms with van der Waals surface area (Å²) < 4.78 is 1.56. The third-order valence-corrected chi connectivity index (χ3v) is 4.26. The van der Waals surface area contributed by atoms with Crippen molar-refractivity contribution in [3.05, 3.63) is 39.4 Å². The van der Waals surface area contributed by atoms with Crippen LogP contribution < -0.4 is 5.56 Å². The highest BCUT2D eigenvalue weighted by atomic mass is 35.6. The zero-order valence-electron chi connectivity index (χ0n) is 9.06. The third-order valence-electron chi connectivity index (χ3n) is 2.34. The van der Waals surface area contributed by atoms with E-state index in [9.17, 15) is 4.79 Å². The summed E-state index contributed by atoms with van der Waals surface area (Å²) in [4.78, 5) is 12.3. The van der Waals surface area contributed by atoms with E-state index >= 15 is 0 Å². The Morgan fingerprint density at radius 3 is 2.50 bits per heavy atom. The molecule has 1 aromatic carbocycles. The van der Waals surface area contributed by atoms with E-state index in [1.165, 1.54) is 3.97 Å². The molecule has 96 valence electrons. The van der Waals surface area contributed by atoms with Gasteiger partial charge < -0.3 is 4.57 Å². The lowest BCUT2D eigenvalue weighted by Gasteiger charge is -2.15. The van der Waals surface area contributed by atoms with Gasteiger partial charge in [-0.25, -0.2) is 3.97 Å². The predicted molar refractivity (Wildman–Crippen MR) is 81.3 cm³/mol. The van der Waals surface area contributed by atoms with Crippen molar-refractivity contribution in [3.8, 4) is 0 Å². The molecular formula is C10H7Cl3N2OS2. The number of hydrogen-bond donors (Lipinski definition) is 0. The number of hydrogen-bond acceptors (Lipinski definition) is 3. The standard InChI is InChI=1S/C10H7Cl3N2OS2/c1-14-7-5-3-2-4-6(7)8(16)15(9(14)17)18-10(11,12)13/h2-5H,1H3. The zero-order chi connectivity index (χ0) is 13.5. The van der Waals surface area contributed by atoms with E-state index in [4.69, 9.17) is 47.0 Å². The molecule has 0 spiro atoms. The van der Waals surface area contributed by atoms with E-state index in [-0.39, 0.29) is 10.3 Å². The zero-order valence-corrected chi connectivity index (χ0v) is 13.0. The van der Waals surface area contributed by atoms with Crippen molar-refractivity contribution in [2.75, 3.05) is 0 Å². The number of aromatic nitrogens is 2. The Labute approximate surface area is 127 Å². The Hall–Kier alpha value is -0.200. The summed E-state index contributed by atoms with van der Waals surface area (Å²) >= 11 is 23.0. The van der Waals surface area contributed by atoms with Crippen LogP contribution in [0.3, 0.4) is 0 Å². The highest BCUT2D eigenvalue weighted by molar-refractivity contribution is 8.03. The molecule has 8 heteroatoms. The second-order valence-electron chi connectivity index (χ2n) is 3.50. The van der Waals surface area contributed by atoms with Crippen LogP contribution in [0.1, 0.15) is 0 Å². The Morgan fingerprint density at radius 1 is 1.28 bits per heavy atom. The quantitative estimate of drug-likeness (QED) is 0.581. The van der Waals surface area contributed by atoms with Crippen molar-refractivity contribution >= 4 is 69.9 Å². The molecule has 0 aliphatic heterocycles. The number of halogens is 3. The smallest absolute Gasteiger partial charge is 0.272 e. The van der Waals surface area contributed by atoms with Crippen molar-refractivity contribution < 1.29 is 0 Å². The maximum Gasteiger partial charge on any atom is 0.272 e. The number of rotatable bonds is 1. The molecule has 0 aliphatic carbocycles. The molecule has 0 unspecified atom stereocenters. The van der Waals surface area contributed by atoms with E-state index in [2.05, 4.69) is 0 Å². The minimum Gasteiger partial charge on any atom is -0.320 e. The van der Waals surface area contributed by atoms with E-state index in [0.29, 0.717) is 5.39 Å². The fraction of sp³-hybridized carbons (Fsp3) is 0.200. The number of fused-ring (bicyclic) bond motifs is 1. The first kappa shape index (κ1) is 14.2. The van der Waals surface area contributed by atoms with E-state index in [0.717, 1.165) is 17.5 Å². The lowest BCUT2D eigenvalue weighted by Crippen LogP contribution is -2.22. The number of alkyl halides is 3. The van der Waals surface area contributed by atoms with Crippen molar-refractivity contribution in [2.45, 2.75) is 3.12 Å². The molecule has 1 aromatic heterocycles. The summed E-state index contributed by atoms with van der Waals surface area (Å²) in [5.41, 5.74) is 0.457. The van der Waals surface area contributed by atoms with Crippen LogP contribution in [-0.2, 0) is 7.05 Å². The predicted octanol–water partition coefficient (Wildman–Crippen LogP) is 3.89. The van der Waals surface area contributed by atoms with Crippen molar-refractivity contribution in [3.63, 3.8) is 0 Å². The van der Waals surface area contributed by atoms with Gasteiger partial charge in [-0.2, -0.15) is 0 Å². The van der Waals surface area contributed by atoms with Crippen LogP contribution in [-0.4, -0.2) is 11.7 Å². The van der Waals surface area contributed by atoms with Gasteiger partial charge in [0.2, 0.25) is 0 Å². The molecule has 1 heterocycles. The van der Waals surface area contributed by atoms with Gasteiger partial charge in [-0.15, -0.1) is 0 Å². The number of para-hydroxylation sites is 1. The third kappa shape index (κ3) is 2.70. The monoisotopic (exact) mass is 340 g/mol. The normalized spacial score (nSPS) is 12.0. The first-order valence-electron chi connectivity index (χ1n) is 4.78. The summed E-state index contributed by atoms with van der Waals surface area (Å²) in [5, 5.41) is 0.523. The summed E-state index contributed by atoms with van der Waals surface area (Å²) in [6.45, 7) is 0. The molecule has 2 aromatic rings. The second-order valence-corrected chi connectivity index (χ2v) is 7.97. The topological polar surface area (TPSA) is 26.9 Å². The fourth-order valence-corrected chi connectivity index (χ4v) is 3.07. The summed E-state index contributed by atoms with van der Waals surface area (Å²) in [5.74, 6) is 0. The first-order valence-corrected chi connectivity index (χ1v) is 7.10. The van der Waals surface area contributed by atoms with E-state index in [1.807, 2.05) is 12.1 Å². The minimum absolute atomic E-state index is 0.287. The average molecular weight is 342 g/mol. The molecule has 0 N–H and O–H groups in total. The molecule has 18 heavy (non-hydrogen) atoms. The second kappa shape index (κ2) is 5.06. The van der Waals surface area contributed by atoms with Gasteiger partial charge >= 0.3 is 0 Å². The molecule has 0 amide bonds. The minimum atomic E-state index is -1.65. The largest absolute Gasteiger partial charge is 0.320 e. The highest BCUT2D eigenvalue weighted by Crippen LogP contribution is 2.39. The molecule has 2 rings (SSSR count). The van der Waals surface area contributed by atoms with Gasteiger partial charge in [-0.1, -0.05) is 46.9 Å². The molecule has 0 atom stereocenters. The molecule has 0 bridgehead atoms. The average Bonchev–Trinajstić information content (AvgIpc) is 2.31.